The SMILES string of the molecule is CCC/C=C(\I)[C@@]1(CCCC)CCCO1. The van der Waals surface area contributed by atoms with Crippen molar-refractivity contribution < 1.29 is 4.74 Å². The molecule has 0 aromatic rings. The maximum atomic E-state index is 6.03. The summed E-state index contributed by atoms with van der Waals surface area (Å²) >= 11 is 2.50. The Morgan fingerprint density at radius 3 is 2.73 bits per heavy atom. The molecule has 1 saturated heterocycles. The highest BCUT2D eigenvalue weighted by molar-refractivity contribution is 14.1. The minimum atomic E-state index is 0.103. The molecule has 0 amide bonds. The second-order valence-corrected chi connectivity index (χ2v) is 5.55. The molecule has 0 spiro atoms. The van der Waals surface area contributed by atoms with Gasteiger partial charge in [0.05, 0.1) is 5.60 Å². The van der Waals surface area contributed by atoms with E-state index in [1.54, 1.807) is 0 Å². The Kier molecular flexibility index (Phi) is 6.20. The monoisotopic (exact) mass is 322 g/mol. The Morgan fingerprint density at radius 2 is 2.20 bits per heavy atom. The minimum absolute atomic E-state index is 0.103. The molecule has 2 heteroatoms. The molecule has 0 aromatic heterocycles. The molecule has 0 aliphatic carbocycles. The first-order chi connectivity index (χ1) is 7.25. The Hall–Kier alpha value is 0.430. The summed E-state index contributed by atoms with van der Waals surface area (Å²) in [6.45, 7) is 5.44. The van der Waals surface area contributed by atoms with E-state index in [0.717, 1.165) is 6.61 Å². The van der Waals surface area contributed by atoms with E-state index in [1.807, 2.05) is 0 Å². The van der Waals surface area contributed by atoms with Gasteiger partial charge in [0.1, 0.15) is 0 Å². The molecular formula is C13H23IO. The van der Waals surface area contributed by atoms with E-state index in [2.05, 4.69) is 42.5 Å². The molecular weight excluding hydrogens is 299 g/mol. The van der Waals surface area contributed by atoms with Crippen LogP contribution in [0.15, 0.2) is 9.66 Å². The van der Waals surface area contributed by atoms with Crippen molar-refractivity contribution in [3.05, 3.63) is 9.66 Å². The number of rotatable bonds is 6. The van der Waals surface area contributed by atoms with Gasteiger partial charge in [-0.05, 0) is 48.3 Å². The summed E-state index contributed by atoms with van der Waals surface area (Å²) in [6.07, 6.45) is 11.0. The minimum Gasteiger partial charge on any atom is -0.370 e. The lowest BCUT2D eigenvalue weighted by molar-refractivity contribution is 0.0348. The zero-order chi connectivity index (χ0) is 11.1. The molecule has 88 valence electrons. The molecule has 1 heterocycles. The third kappa shape index (κ3) is 3.74. The first kappa shape index (κ1) is 13.5. The van der Waals surface area contributed by atoms with Crippen LogP contribution >= 0.6 is 22.6 Å². The zero-order valence-electron chi connectivity index (χ0n) is 10.0. The summed E-state index contributed by atoms with van der Waals surface area (Å²) in [5.74, 6) is 0. The maximum absolute atomic E-state index is 6.03. The van der Waals surface area contributed by atoms with Crippen molar-refractivity contribution in [3.8, 4) is 0 Å². The van der Waals surface area contributed by atoms with Gasteiger partial charge in [-0.1, -0.05) is 39.2 Å². The Balaban J connectivity index is 2.62. The number of halogens is 1. The van der Waals surface area contributed by atoms with Crippen molar-refractivity contribution >= 4 is 22.6 Å². The van der Waals surface area contributed by atoms with Gasteiger partial charge in [0.15, 0.2) is 0 Å². The molecule has 0 saturated carbocycles. The summed E-state index contributed by atoms with van der Waals surface area (Å²) < 4.78 is 7.48. The molecule has 1 atom stereocenters. The fourth-order valence-electron chi connectivity index (χ4n) is 2.12. The van der Waals surface area contributed by atoms with Gasteiger partial charge in [0, 0.05) is 10.2 Å². The molecule has 1 aliphatic rings. The van der Waals surface area contributed by atoms with Crippen LogP contribution in [0.3, 0.4) is 0 Å². The number of allylic oxidation sites excluding steroid dienone is 1. The van der Waals surface area contributed by atoms with Gasteiger partial charge >= 0.3 is 0 Å². The highest BCUT2D eigenvalue weighted by Gasteiger charge is 2.36. The Labute approximate surface area is 108 Å². The summed E-state index contributed by atoms with van der Waals surface area (Å²) in [5.41, 5.74) is 0.103. The van der Waals surface area contributed by atoms with Gasteiger partial charge in [0.2, 0.25) is 0 Å². The first-order valence-electron chi connectivity index (χ1n) is 6.25. The van der Waals surface area contributed by atoms with Crippen LogP contribution in [0.5, 0.6) is 0 Å². The first-order valence-corrected chi connectivity index (χ1v) is 7.33. The number of unbranched alkanes of at least 4 members (excludes halogenated alkanes) is 2. The zero-order valence-corrected chi connectivity index (χ0v) is 12.2. The van der Waals surface area contributed by atoms with Crippen LogP contribution in [-0.2, 0) is 4.74 Å². The number of hydrogen-bond acceptors (Lipinski definition) is 1. The second kappa shape index (κ2) is 6.89. The van der Waals surface area contributed by atoms with Gasteiger partial charge in [0.25, 0.3) is 0 Å². The number of hydrogen-bond donors (Lipinski definition) is 0. The van der Waals surface area contributed by atoms with Crippen LogP contribution in [0.4, 0.5) is 0 Å². The van der Waals surface area contributed by atoms with E-state index in [4.69, 9.17) is 4.74 Å². The predicted molar refractivity (Wildman–Crippen MR) is 74.5 cm³/mol. The Morgan fingerprint density at radius 1 is 1.40 bits per heavy atom. The van der Waals surface area contributed by atoms with Crippen molar-refractivity contribution in [2.75, 3.05) is 6.61 Å². The summed E-state index contributed by atoms with van der Waals surface area (Å²) in [7, 11) is 0. The molecule has 1 fully saturated rings. The van der Waals surface area contributed by atoms with Crippen molar-refractivity contribution in [1.82, 2.24) is 0 Å². The van der Waals surface area contributed by atoms with E-state index >= 15 is 0 Å². The van der Waals surface area contributed by atoms with Crippen molar-refractivity contribution in [2.45, 2.75) is 64.4 Å². The maximum Gasteiger partial charge on any atom is 0.0985 e. The summed E-state index contributed by atoms with van der Waals surface area (Å²) in [6, 6.07) is 0. The smallest absolute Gasteiger partial charge is 0.0985 e. The highest BCUT2D eigenvalue weighted by atomic mass is 127. The van der Waals surface area contributed by atoms with Crippen LogP contribution in [0.2, 0.25) is 0 Å². The molecule has 1 aliphatic heterocycles. The average molecular weight is 322 g/mol. The lowest BCUT2D eigenvalue weighted by atomic mass is 9.92. The number of ether oxygens (including phenoxy) is 1. The largest absolute Gasteiger partial charge is 0.370 e. The normalized spacial score (nSPS) is 27.3. The molecule has 0 unspecified atom stereocenters. The molecule has 1 nitrogen and oxygen atoms in total. The second-order valence-electron chi connectivity index (χ2n) is 4.39. The van der Waals surface area contributed by atoms with Gasteiger partial charge in [-0.2, -0.15) is 0 Å². The third-order valence-corrected chi connectivity index (χ3v) is 4.51. The van der Waals surface area contributed by atoms with E-state index < -0.39 is 0 Å². The lowest BCUT2D eigenvalue weighted by Gasteiger charge is -2.28. The molecule has 15 heavy (non-hydrogen) atoms. The molecule has 0 N–H and O–H groups in total. The topological polar surface area (TPSA) is 9.23 Å². The summed E-state index contributed by atoms with van der Waals surface area (Å²) in [4.78, 5) is 0. The van der Waals surface area contributed by atoms with Crippen LogP contribution in [0.1, 0.15) is 58.8 Å². The average Bonchev–Trinajstić information content (AvgIpc) is 2.73. The molecule has 0 bridgehead atoms. The third-order valence-electron chi connectivity index (χ3n) is 3.08. The van der Waals surface area contributed by atoms with E-state index in [1.165, 1.54) is 48.5 Å². The van der Waals surface area contributed by atoms with Crippen molar-refractivity contribution in [2.24, 2.45) is 0 Å². The molecule has 0 radical (unpaired) electrons. The molecule has 0 aromatic carbocycles. The quantitative estimate of drug-likeness (QED) is 0.636. The van der Waals surface area contributed by atoms with Gasteiger partial charge in [-0.25, -0.2) is 0 Å². The van der Waals surface area contributed by atoms with Gasteiger partial charge < -0.3 is 4.74 Å². The standard InChI is InChI=1S/C13H23IO/c1-3-5-8-12(14)13(9-6-4-2)10-7-11-15-13/h8H,3-7,9-11H2,1-2H3/b12-8-/t13-/m1/s1. The lowest BCUT2D eigenvalue weighted by Crippen LogP contribution is -2.28. The van der Waals surface area contributed by atoms with E-state index in [0.29, 0.717) is 0 Å². The predicted octanol–water partition coefficient (Wildman–Crippen LogP) is 4.84. The van der Waals surface area contributed by atoms with Crippen LogP contribution in [0, 0.1) is 0 Å². The van der Waals surface area contributed by atoms with E-state index in [9.17, 15) is 0 Å². The van der Waals surface area contributed by atoms with Crippen LogP contribution in [-0.4, -0.2) is 12.2 Å². The van der Waals surface area contributed by atoms with Crippen molar-refractivity contribution in [1.29, 1.82) is 0 Å². The van der Waals surface area contributed by atoms with E-state index in [-0.39, 0.29) is 5.60 Å². The van der Waals surface area contributed by atoms with Crippen LogP contribution in [0.25, 0.3) is 0 Å². The molecule has 1 rings (SSSR count). The summed E-state index contributed by atoms with van der Waals surface area (Å²) in [5, 5.41) is 0. The fraction of sp³-hybridized carbons (Fsp3) is 0.846. The Bertz CT molecular complexity index is 205. The van der Waals surface area contributed by atoms with Gasteiger partial charge in [-0.15, -0.1) is 0 Å². The highest BCUT2D eigenvalue weighted by Crippen LogP contribution is 2.40. The van der Waals surface area contributed by atoms with Crippen molar-refractivity contribution in [3.63, 3.8) is 0 Å². The van der Waals surface area contributed by atoms with Gasteiger partial charge in [-0.3, -0.25) is 0 Å². The van der Waals surface area contributed by atoms with Crippen LogP contribution < -0.4 is 0 Å². The fourth-order valence-corrected chi connectivity index (χ4v) is 3.13.